The number of aryl methyl sites for hydroxylation is 1. The number of methoxy groups -OCH3 is 1. The number of nitrogens with two attached hydrogens (primary N) is 1. The van der Waals surface area contributed by atoms with Crippen molar-refractivity contribution in [1.29, 1.82) is 0 Å². The van der Waals surface area contributed by atoms with Gasteiger partial charge in [-0.3, -0.25) is 0 Å². The minimum Gasteiger partial charge on any atom is -0.497 e. The molecule has 0 aromatic heterocycles. The van der Waals surface area contributed by atoms with E-state index in [1.54, 1.807) is 13.2 Å². The minimum absolute atomic E-state index is 0.217. The molecule has 1 aliphatic rings. The molecule has 0 fully saturated rings. The summed E-state index contributed by atoms with van der Waals surface area (Å²) in [7, 11) is 1.64. The summed E-state index contributed by atoms with van der Waals surface area (Å²) in [5, 5.41) is 0. The largest absolute Gasteiger partial charge is 0.497 e. The lowest BCUT2D eigenvalue weighted by Gasteiger charge is -2.26. The van der Waals surface area contributed by atoms with E-state index >= 15 is 0 Å². The molecule has 1 atom stereocenters. The molecule has 2 aromatic rings. The van der Waals surface area contributed by atoms with Gasteiger partial charge in [-0.25, -0.2) is 4.39 Å². The van der Waals surface area contributed by atoms with Gasteiger partial charge >= 0.3 is 0 Å². The van der Waals surface area contributed by atoms with Crippen LogP contribution in [0.5, 0.6) is 5.75 Å². The average molecular weight is 350 g/mol. The maximum atomic E-state index is 14.1. The van der Waals surface area contributed by atoms with E-state index in [2.05, 4.69) is 22.0 Å². The average Bonchev–Trinajstić information content (AvgIpc) is 2.79. The van der Waals surface area contributed by atoms with Gasteiger partial charge in [0.1, 0.15) is 11.6 Å². The Morgan fingerprint density at radius 2 is 2.10 bits per heavy atom. The normalized spacial score (nSPS) is 20.4. The Balaban J connectivity index is 1.96. The van der Waals surface area contributed by atoms with Crippen LogP contribution in [0.1, 0.15) is 23.1 Å². The van der Waals surface area contributed by atoms with Crippen LogP contribution >= 0.6 is 15.9 Å². The molecule has 0 aliphatic heterocycles. The lowest BCUT2D eigenvalue weighted by molar-refractivity contribution is 0.406. The SMILES string of the molecule is COc1ccc2c(c1)C(N)(Cc1ccc(Br)cc1F)CC2. The number of ether oxygens (including phenoxy) is 1. The van der Waals surface area contributed by atoms with Crippen LogP contribution < -0.4 is 10.5 Å². The molecule has 1 unspecified atom stereocenters. The molecule has 2 nitrogen and oxygen atoms in total. The topological polar surface area (TPSA) is 35.2 Å². The van der Waals surface area contributed by atoms with Crippen LogP contribution in [0, 0.1) is 5.82 Å². The van der Waals surface area contributed by atoms with E-state index in [0.29, 0.717) is 12.0 Å². The zero-order chi connectivity index (χ0) is 15.0. The van der Waals surface area contributed by atoms with Crippen LogP contribution in [0.4, 0.5) is 4.39 Å². The van der Waals surface area contributed by atoms with E-state index in [9.17, 15) is 4.39 Å². The third kappa shape index (κ3) is 2.70. The molecule has 110 valence electrons. The summed E-state index contributed by atoms with van der Waals surface area (Å²) in [6.07, 6.45) is 2.24. The van der Waals surface area contributed by atoms with E-state index in [1.165, 1.54) is 11.6 Å². The second kappa shape index (κ2) is 5.43. The highest BCUT2D eigenvalue weighted by Gasteiger charge is 2.36. The molecular formula is C17H17BrFNO. The highest BCUT2D eigenvalue weighted by atomic mass is 79.9. The van der Waals surface area contributed by atoms with Crippen molar-refractivity contribution in [3.05, 3.63) is 63.4 Å². The summed E-state index contributed by atoms with van der Waals surface area (Å²) < 4.78 is 20.1. The Morgan fingerprint density at radius 3 is 2.81 bits per heavy atom. The fraction of sp³-hybridized carbons (Fsp3) is 0.294. The van der Waals surface area contributed by atoms with E-state index in [-0.39, 0.29) is 5.82 Å². The first-order valence-corrected chi connectivity index (χ1v) is 7.71. The van der Waals surface area contributed by atoms with Crippen LogP contribution in [0.15, 0.2) is 40.9 Å². The molecule has 21 heavy (non-hydrogen) atoms. The van der Waals surface area contributed by atoms with Crippen molar-refractivity contribution < 1.29 is 9.13 Å². The summed E-state index contributed by atoms with van der Waals surface area (Å²) in [5.74, 6) is 0.576. The minimum atomic E-state index is -0.529. The Morgan fingerprint density at radius 1 is 1.29 bits per heavy atom. The second-order valence-electron chi connectivity index (χ2n) is 5.59. The van der Waals surface area contributed by atoms with Gasteiger partial charge in [0, 0.05) is 10.0 Å². The second-order valence-corrected chi connectivity index (χ2v) is 6.51. The van der Waals surface area contributed by atoms with E-state index in [1.807, 2.05) is 18.2 Å². The molecule has 1 aliphatic carbocycles. The maximum absolute atomic E-state index is 14.1. The number of halogens is 2. The van der Waals surface area contributed by atoms with Crippen molar-refractivity contribution >= 4 is 15.9 Å². The molecule has 2 N–H and O–H groups in total. The lowest BCUT2D eigenvalue weighted by atomic mass is 9.86. The molecule has 0 heterocycles. The Hall–Kier alpha value is -1.39. The van der Waals surface area contributed by atoms with Crippen LogP contribution in [0.2, 0.25) is 0 Å². The highest BCUT2D eigenvalue weighted by molar-refractivity contribution is 9.10. The predicted octanol–water partition coefficient (Wildman–Crippen LogP) is 3.94. The predicted molar refractivity (Wildman–Crippen MR) is 85.0 cm³/mol. The highest BCUT2D eigenvalue weighted by Crippen LogP contribution is 2.39. The van der Waals surface area contributed by atoms with E-state index in [0.717, 1.165) is 28.6 Å². The van der Waals surface area contributed by atoms with Gasteiger partial charge in [0.25, 0.3) is 0 Å². The van der Waals surface area contributed by atoms with Crippen molar-refractivity contribution in [3.8, 4) is 5.75 Å². The summed E-state index contributed by atoms with van der Waals surface area (Å²) in [4.78, 5) is 0. The van der Waals surface area contributed by atoms with Gasteiger partial charge in [-0.2, -0.15) is 0 Å². The monoisotopic (exact) mass is 349 g/mol. The number of rotatable bonds is 3. The van der Waals surface area contributed by atoms with Crippen molar-refractivity contribution in [1.82, 2.24) is 0 Å². The Kier molecular flexibility index (Phi) is 3.76. The number of fused-ring (bicyclic) bond motifs is 1. The lowest BCUT2D eigenvalue weighted by Crippen LogP contribution is -2.36. The molecule has 0 amide bonds. The third-order valence-electron chi connectivity index (χ3n) is 4.21. The van der Waals surface area contributed by atoms with Crippen molar-refractivity contribution in [2.45, 2.75) is 24.8 Å². The molecule has 0 saturated carbocycles. The summed E-state index contributed by atoms with van der Waals surface area (Å²) >= 11 is 3.28. The Bertz CT molecular complexity index is 688. The van der Waals surface area contributed by atoms with Gasteiger partial charge in [-0.05, 0) is 60.2 Å². The smallest absolute Gasteiger partial charge is 0.127 e. The van der Waals surface area contributed by atoms with Crippen molar-refractivity contribution in [2.75, 3.05) is 7.11 Å². The summed E-state index contributed by atoms with van der Waals surface area (Å²) in [6.45, 7) is 0. The van der Waals surface area contributed by atoms with E-state index < -0.39 is 5.54 Å². The number of hydrogen-bond donors (Lipinski definition) is 1. The first kappa shape index (κ1) is 14.5. The molecular weight excluding hydrogens is 333 g/mol. The van der Waals surface area contributed by atoms with Gasteiger partial charge < -0.3 is 10.5 Å². The fourth-order valence-electron chi connectivity index (χ4n) is 3.04. The maximum Gasteiger partial charge on any atom is 0.127 e. The van der Waals surface area contributed by atoms with Gasteiger partial charge in [0.2, 0.25) is 0 Å². The molecule has 4 heteroatoms. The van der Waals surface area contributed by atoms with Crippen LogP contribution in [-0.4, -0.2) is 7.11 Å². The summed E-state index contributed by atoms with van der Waals surface area (Å²) in [5.41, 5.74) is 9.03. The molecule has 2 aromatic carbocycles. The zero-order valence-corrected chi connectivity index (χ0v) is 13.4. The molecule has 3 rings (SSSR count). The van der Waals surface area contributed by atoms with Gasteiger partial charge in [0.15, 0.2) is 0 Å². The first-order chi connectivity index (χ1) is 10.0. The van der Waals surface area contributed by atoms with Crippen LogP contribution in [0.25, 0.3) is 0 Å². The van der Waals surface area contributed by atoms with Crippen molar-refractivity contribution in [3.63, 3.8) is 0 Å². The van der Waals surface area contributed by atoms with Gasteiger partial charge in [-0.1, -0.05) is 28.1 Å². The number of hydrogen-bond acceptors (Lipinski definition) is 2. The molecule has 0 bridgehead atoms. The van der Waals surface area contributed by atoms with Gasteiger partial charge in [-0.15, -0.1) is 0 Å². The van der Waals surface area contributed by atoms with E-state index in [4.69, 9.17) is 10.5 Å². The molecule has 0 spiro atoms. The standard InChI is InChI=1S/C17H17BrFNO/c1-21-14-5-3-11-6-7-17(20,15(11)9-14)10-12-2-4-13(18)8-16(12)19/h2-5,8-9H,6-7,10,20H2,1H3. The Labute approximate surface area is 132 Å². The first-order valence-electron chi connectivity index (χ1n) is 6.92. The third-order valence-corrected chi connectivity index (χ3v) is 4.71. The summed E-state index contributed by atoms with van der Waals surface area (Å²) in [6, 6.07) is 11.1. The van der Waals surface area contributed by atoms with Gasteiger partial charge in [0.05, 0.1) is 7.11 Å². The van der Waals surface area contributed by atoms with Crippen LogP contribution in [-0.2, 0) is 18.4 Å². The quantitative estimate of drug-likeness (QED) is 0.910. The molecule has 0 saturated heterocycles. The van der Waals surface area contributed by atoms with Crippen LogP contribution in [0.3, 0.4) is 0 Å². The van der Waals surface area contributed by atoms with Crippen molar-refractivity contribution in [2.24, 2.45) is 5.73 Å². The fourth-order valence-corrected chi connectivity index (χ4v) is 3.38. The number of benzene rings is 2. The zero-order valence-electron chi connectivity index (χ0n) is 11.8. The molecule has 0 radical (unpaired) electrons.